The zero-order valence-electron chi connectivity index (χ0n) is 17.4. The van der Waals surface area contributed by atoms with Gasteiger partial charge in [-0.1, -0.05) is 25.4 Å². The van der Waals surface area contributed by atoms with Gasteiger partial charge in [0, 0.05) is 30.7 Å². The smallest absolute Gasteiger partial charge is 0.255 e. The molecule has 0 aliphatic carbocycles. The van der Waals surface area contributed by atoms with Gasteiger partial charge in [-0.3, -0.25) is 9.78 Å². The molecule has 1 aromatic carbocycles. The van der Waals surface area contributed by atoms with Crippen LogP contribution in [0.4, 0.5) is 11.4 Å². The molecule has 0 spiro atoms. The SMILES string of the molecule is CCCS(=O)(=O)N1CC(N(C)c2cncc(NC(=O)c3ccc(Cl)cc3CC)c2)C1. The third-order valence-electron chi connectivity index (χ3n) is 5.31. The van der Waals surface area contributed by atoms with E-state index >= 15 is 0 Å². The fourth-order valence-corrected chi connectivity index (χ4v) is 5.22. The molecule has 9 heteroatoms. The summed E-state index contributed by atoms with van der Waals surface area (Å²) < 4.78 is 25.8. The number of aromatic nitrogens is 1. The summed E-state index contributed by atoms with van der Waals surface area (Å²) in [6, 6.07) is 7.14. The van der Waals surface area contributed by atoms with Crippen molar-refractivity contribution >= 4 is 38.9 Å². The molecule has 162 valence electrons. The normalized spacial score (nSPS) is 14.9. The van der Waals surface area contributed by atoms with Crippen LogP contribution in [0.3, 0.4) is 0 Å². The summed E-state index contributed by atoms with van der Waals surface area (Å²) >= 11 is 6.03. The molecule has 7 nitrogen and oxygen atoms in total. The molecule has 0 bridgehead atoms. The van der Waals surface area contributed by atoms with Gasteiger partial charge in [0.1, 0.15) is 0 Å². The van der Waals surface area contributed by atoms with Gasteiger partial charge in [-0.15, -0.1) is 0 Å². The summed E-state index contributed by atoms with van der Waals surface area (Å²) in [5.41, 5.74) is 2.86. The minimum Gasteiger partial charge on any atom is -0.368 e. The second kappa shape index (κ2) is 9.32. The van der Waals surface area contributed by atoms with Crippen molar-refractivity contribution in [3.63, 3.8) is 0 Å². The zero-order chi connectivity index (χ0) is 21.9. The molecule has 30 heavy (non-hydrogen) atoms. The Morgan fingerprint density at radius 2 is 2.00 bits per heavy atom. The topological polar surface area (TPSA) is 82.6 Å². The van der Waals surface area contributed by atoms with Gasteiger partial charge in [0.2, 0.25) is 10.0 Å². The van der Waals surface area contributed by atoms with Crippen molar-refractivity contribution in [2.45, 2.75) is 32.7 Å². The number of hydrogen-bond donors (Lipinski definition) is 1. The van der Waals surface area contributed by atoms with E-state index < -0.39 is 10.0 Å². The highest BCUT2D eigenvalue weighted by Gasteiger charge is 2.37. The number of rotatable bonds is 8. The lowest BCUT2D eigenvalue weighted by molar-refractivity contribution is 0.102. The standard InChI is InChI=1S/C21H27ClN4O3S/c1-4-8-30(28,29)26-13-19(14-26)25(3)18-10-17(11-23-12-18)24-21(27)20-7-6-16(22)9-15(20)5-2/h6-7,9-12,19H,4-5,8,13-14H2,1-3H3,(H,24,27). The summed E-state index contributed by atoms with van der Waals surface area (Å²) in [7, 11) is -1.25. The maximum absolute atomic E-state index is 12.7. The second-order valence-electron chi connectivity index (χ2n) is 7.44. The monoisotopic (exact) mass is 450 g/mol. The molecular weight excluding hydrogens is 424 g/mol. The van der Waals surface area contributed by atoms with Gasteiger partial charge in [-0.2, -0.15) is 4.31 Å². The van der Waals surface area contributed by atoms with Crippen molar-refractivity contribution < 1.29 is 13.2 Å². The average molecular weight is 451 g/mol. The number of amides is 1. The van der Waals surface area contributed by atoms with E-state index in [1.165, 1.54) is 4.31 Å². The number of carbonyl (C=O) groups is 1. The highest BCUT2D eigenvalue weighted by Crippen LogP contribution is 2.26. The van der Waals surface area contributed by atoms with Crippen molar-refractivity contribution in [1.29, 1.82) is 0 Å². The zero-order valence-corrected chi connectivity index (χ0v) is 19.0. The van der Waals surface area contributed by atoms with Crippen LogP contribution in [-0.2, 0) is 16.4 Å². The number of sulfonamides is 1. The Morgan fingerprint density at radius 3 is 2.67 bits per heavy atom. The van der Waals surface area contributed by atoms with E-state index in [2.05, 4.69) is 10.3 Å². The van der Waals surface area contributed by atoms with Gasteiger partial charge < -0.3 is 10.2 Å². The van der Waals surface area contributed by atoms with E-state index in [0.717, 1.165) is 11.3 Å². The number of carbonyl (C=O) groups excluding carboxylic acids is 1. The van der Waals surface area contributed by atoms with Crippen molar-refractivity contribution in [3.8, 4) is 0 Å². The first-order valence-electron chi connectivity index (χ1n) is 10.0. The van der Waals surface area contributed by atoms with E-state index in [4.69, 9.17) is 11.6 Å². The number of pyridine rings is 1. The van der Waals surface area contributed by atoms with Crippen molar-refractivity contribution in [2.75, 3.05) is 36.1 Å². The Balaban J connectivity index is 1.67. The molecule has 0 saturated carbocycles. The van der Waals surface area contributed by atoms with Crippen LogP contribution in [0.2, 0.25) is 5.02 Å². The summed E-state index contributed by atoms with van der Waals surface area (Å²) in [5.74, 6) is -0.0395. The largest absolute Gasteiger partial charge is 0.368 e. The molecular formula is C21H27ClN4O3S. The van der Waals surface area contributed by atoms with E-state index in [-0.39, 0.29) is 17.7 Å². The van der Waals surface area contributed by atoms with Crippen molar-refractivity contribution in [2.24, 2.45) is 0 Å². The lowest BCUT2D eigenvalue weighted by atomic mass is 10.0. The van der Waals surface area contributed by atoms with E-state index in [1.54, 1.807) is 30.6 Å². The van der Waals surface area contributed by atoms with Crippen LogP contribution in [-0.4, -0.2) is 55.5 Å². The number of aryl methyl sites for hydroxylation is 1. The fourth-order valence-electron chi connectivity index (χ4n) is 3.45. The van der Waals surface area contributed by atoms with E-state index in [0.29, 0.717) is 42.2 Å². The average Bonchev–Trinajstić information content (AvgIpc) is 2.66. The van der Waals surface area contributed by atoms with Crippen LogP contribution in [0.5, 0.6) is 0 Å². The van der Waals surface area contributed by atoms with Gasteiger partial charge in [0.05, 0.1) is 35.6 Å². The molecule has 0 unspecified atom stereocenters. The first kappa shape index (κ1) is 22.5. The molecule has 2 aromatic rings. The number of halogens is 1. The highest BCUT2D eigenvalue weighted by atomic mass is 35.5. The predicted molar refractivity (Wildman–Crippen MR) is 121 cm³/mol. The quantitative estimate of drug-likeness (QED) is 0.666. The Labute approximate surface area is 183 Å². The number of benzene rings is 1. The minimum atomic E-state index is -3.16. The minimum absolute atomic E-state index is 0.0762. The highest BCUT2D eigenvalue weighted by molar-refractivity contribution is 7.89. The Morgan fingerprint density at radius 1 is 1.27 bits per heavy atom. The van der Waals surface area contributed by atoms with Crippen LogP contribution >= 0.6 is 11.6 Å². The molecule has 1 aliphatic rings. The Kier molecular flexibility index (Phi) is 7.00. The summed E-state index contributed by atoms with van der Waals surface area (Å²) in [6.45, 7) is 4.75. The Bertz CT molecular complexity index is 1020. The van der Waals surface area contributed by atoms with Crippen LogP contribution in [0, 0.1) is 0 Å². The van der Waals surface area contributed by atoms with Gasteiger partial charge in [-0.25, -0.2) is 8.42 Å². The van der Waals surface area contributed by atoms with Crippen LogP contribution < -0.4 is 10.2 Å². The molecule has 1 N–H and O–H groups in total. The lowest BCUT2D eigenvalue weighted by Gasteiger charge is -2.43. The van der Waals surface area contributed by atoms with Gasteiger partial charge in [0.25, 0.3) is 5.91 Å². The van der Waals surface area contributed by atoms with Crippen molar-refractivity contribution in [3.05, 3.63) is 52.8 Å². The van der Waals surface area contributed by atoms with E-state index in [9.17, 15) is 13.2 Å². The summed E-state index contributed by atoms with van der Waals surface area (Å²) in [5, 5.41) is 3.50. The molecule has 0 radical (unpaired) electrons. The fraction of sp³-hybridized carbons (Fsp3) is 0.429. The van der Waals surface area contributed by atoms with Crippen molar-refractivity contribution in [1.82, 2.24) is 9.29 Å². The molecule has 0 atom stereocenters. The predicted octanol–water partition coefficient (Wildman–Crippen LogP) is 3.41. The second-order valence-corrected chi connectivity index (χ2v) is 9.96. The molecule has 1 amide bonds. The summed E-state index contributed by atoms with van der Waals surface area (Å²) in [6.07, 6.45) is 4.61. The molecule has 3 rings (SSSR count). The molecule has 1 saturated heterocycles. The molecule has 2 heterocycles. The van der Waals surface area contributed by atoms with Crippen LogP contribution in [0.1, 0.15) is 36.2 Å². The third-order valence-corrected chi connectivity index (χ3v) is 7.56. The first-order chi connectivity index (χ1) is 14.2. The summed E-state index contributed by atoms with van der Waals surface area (Å²) in [4.78, 5) is 19.0. The molecule has 1 fully saturated rings. The molecule has 1 aromatic heterocycles. The maximum Gasteiger partial charge on any atom is 0.255 e. The number of nitrogens with zero attached hydrogens (tertiary/aromatic N) is 3. The number of nitrogens with one attached hydrogen (secondary N) is 1. The number of hydrogen-bond acceptors (Lipinski definition) is 5. The van der Waals surface area contributed by atoms with Gasteiger partial charge in [-0.05, 0) is 42.7 Å². The molecule has 1 aliphatic heterocycles. The van der Waals surface area contributed by atoms with E-state index in [1.807, 2.05) is 31.9 Å². The first-order valence-corrected chi connectivity index (χ1v) is 12.0. The van der Waals surface area contributed by atoms with Crippen LogP contribution in [0.25, 0.3) is 0 Å². The van der Waals surface area contributed by atoms with Crippen LogP contribution in [0.15, 0.2) is 36.7 Å². The number of anilines is 2. The third kappa shape index (κ3) is 4.94. The Hall–Kier alpha value is -2.16. The van der Waals surface area contributed by atoms with Gasteiger partial charge in [0.15, 0.2) is 0 Å². The lowest BCUT2D eigenvalue weighted by Crippen LogP contribution is -2.60. The van der Waals surface area contributed by atoms with Gasteiger partial charge >= 0.3 is 0 Å². The number of likely N-dealkylation sites (N-methyl/N-ethyl adjacent to an activating group) is 1. The maximum atomic E-state index is 12.7.